The topological polar surface area (TPSA) is 32.9 Å². The zero-order chi connectivity index (χ0) is 9.97. The van der Waals surface area contributed by atoms with E-state index < -0.39 is 0 Å². The van der Waals surface area contributed by atoms with Crippen molar-refractivity contribution < 1.29 is 0 Å². The van der Waals surface area contributed by atoms with Gasteiger partial charge in [0.2, 0.25) is 0 Å². The SMILES string of the molecule is O=c1[nH]c2ccccc2cc1CCCl. The summed E-state index contributed by atoms with van der Waals surface area (Å²) in [4.78, 5) is 14.3. The van der Waals surface area contributed by atoms with Crippen LogP contribution in [0.3, 0.4) is 0 Å². The molecule has 2 rings (SSSR count). The van der Waals surface area contributed by atoms with Gasteiger partial charge in [-0.3, -0.25) is 4.79 Å². The van der Waals surface area contributed by atoms with Crippen molar-refractivity contribution in [1.29, 1.82) is 0 Å². The highest BCUT2D eigenvalue weighted by Gasteiger charge is 2.00. The Balaban J connectivity index is 2.65. The molecule has 0 radical (unpaired) electrons. The number of rotatable bonds is 2. The van der Waals surface area contributed by atoms with Crippen molar-refractivity contribution in [3.05, 3.63) is 46.2 Å². The quantitative estimate of drug-likeness (QED) is 0.754. The summed E-state index contributed by atoms with van der Waals surface area (Å²) in [5, 5.41) is 1.05. The largest absolute Gasteiger partial charge is 0.322 e. The van der Waals surface area contributed by atoms with Crippen molar-refractivity contribution in [1.82, 2.24) is 4.98 Å². The molecular weight excluding hydrogens is 198 g/mol. The van der Waals surface area contributed by atoms with Gasteiger partial charge in [0, 0.05) is 17.0 Å². The summed E-state index contributed by atoms with van der Waals surface area (Å²) in [5.41, 5.74) is 1.58. The number of benzene rings is 1. The molecule has 0 saturated carbocycles. The highest BCUT2D eigenvalue weighted by atomic mass is 35.5. The van der Waals surface area contributed by atoms with Crippen LogP contribution in [0.25, 0.3) is 10.9 Å². The summed E-state index contributed by atoms with van der Waals surface area (Å²) < 4.78 is 0. The minimum absolute atomic E-state index is 0.0376. The fourth-order valence-electron chi connectivity index (χ4n) is 1.48. The number of hydrogen-bond donors (Lipinski definition) is 1. The van der Waals surface area contributed by atoms with Crippen LogP contribution in [-0.4, -0.2) is 10.9 Å². The lowest BCUT2D eigenvalue weighted by Crippen LogP contribution is -2.12. The predicted octanol–water partition coefficient (Wildman–Crippen LogP) is 2.31. The molecule has 1 heterocycles. The average Bonchev–Trinajstić information content (AvgIpc) is 2.19. The molecule has 0 aliphatic rings. The molecule has 14 heavy (non-hydrogen) atoms. The fraction of sp³-hybridized carbons (Fsp3) is 0.182. The van der Waals surface area contributed by atoms with Gasteiger partial charge in [0.15, 0.2) is 0 Å². The fourth-order valence-corrected chi connectivity index (χ4v) is 1.68. The Morgan fingerprint density at radius 3 is 2.86 bits per heavy atom. The summed E-state index contributed by atoms with van der Waals surface area (Å²) >= 11 is 5.61. The van der Waals surface area contributed by atoms with Gasteiger partial charge in [-0.15, -0.1) is 11.6 Å². The average molecular weight is 208 g/mol. The molecule has 0 aliphatic heterocycles. The molecule has 2 aromatic rings. The number of alkyl halides is 1. The molecule has 1 aromatic heterocycles. The van der Waals surface area contributed by atoms with E-state index in [0.29, 0.717) is 12.3 Å². The minimum Gasteiger partial charge on any atom is -0.322 e. The summed E-state index contributed by atoms with van der Waals surface area (Å²) in [6.45, 7) is 0. The molecule has 0 atom stereocenters. The molecule has 0 unspecified atom stereocenters. The number of nitrogens with one attached hydrogen (secondary N) is 1. The Bertz CT molecular complexity index is 504. The summed E-state index contributed by atoms with van der Waals surface area (Å²) in [5.74, 6) is 0.474. The van der Waals surface area contributed by atoms with Crippen molar-refractivity contribution >= 4 is 22.5 Å². The van der Waals surface area contributed by atoms with E-state index in [4.69, 9.17) is 11.6 Å². The molecule has 0 amide bonds. The van der Waals surface area contributed by atoms with Crippen LogP contribution in [0, 0.1) is 0 Å². The zero-order valence-corrected chi connectivity index (χ0v) is 8.34. The Hall–Kier alpha value is -1.28. The van der Waals surface area contributed by atoms with E-state index in [1.165, 1.54) is 0 Å². The third kappa shape index (κ3) is 1.66. The van der Waals surface area contributed by atoms with Crippen LogP contribution < -0.4 is 5.56 Å². The molecule has 3 heteroatoms. The maximum Gasteiger partial charge on any atom is 0.251 e. The van der Waals surface area contributed by atoms with Crippen molar-refractivity contribution in [2.45, 2.75) is 6.42 Å². The Morgan fingerprint density at radius 1 is 1.29 bits per heavy atom. The van der Waals surface area contributed by atoms with Crippen molar-refractivity contribution in [2.24, 2.45) is 0 Å². The van der Waals surface area contributed by atoms with Gasteiger partial charge in [0.1, 0.15) is 0 Å². The lowest BCUT2D eigenvalue weighted by molar-refractivity contribution is 1.09. The summed E-state index contributed by atoms with van der Waals surface area (Å²) in [6.07, 6.45) is 0.613. The van der Waals surface area contributed by atoms with Gasteiger partial charge in [-0.2, -0.15) is 0 Å². The van der Waals surface area contributed by atoms with Crippen LogP contribution in [0.4, 0.5) is 0 Å². The van der Waals surface area contributed by atoms with E-state index in [1.807, 2.05) is 30.3 Å². The number of aromatic nitrogens is 1. The van der Waals surface area contributed by atoms with Gasteiger partial charge in [0.25, 0.3) is 5.56 Å². The smallest absolute Gasteiger partial charge is 0.251 e. The van der Waals surface area contributed by atoms with Gasteiger partial charge in [-0.05, 0) is 23.9 Å². The van der Waals surface area contributed by atoms with Crippen LogP contribution in [0.1, 0.15) is 5.56 Å². The first-order chi connectivity index (χ1) is 6.81. The summed E-state index contributed by atoms with van der Waals surface area (Å²) in [7, 11) is 0. The van der Waals surface area contributed by atoms with Crippen LogP contribution in [0.5, 0.6) is 0 Å². The van der Waals surface area contributed by atoms with Crippen LogP contribution >= 0.6 is 11.6 Å². The number of para-hydroxylation sites is 1. The standard InChI is InChI=1S/C11H10ClNO/c12-6-5-9-7-8-3-1-2-4-10(8)13-11(9)14/h1-4,7H,5-6H2,(H,13,14). The molecule has 0 aliphatic carbocycles. The predicted molar refractivity (Wildman–Crippen MR) is 59.0 cm³/mol. The van der Waals surface area contributed by atoms with Crippen LogP contribution in [-0.2, 0) is 6.42 Å². The second-order valence-electron chi connectivity index (χ2n) is 3.15. The molecule has 2 nitrogen and oxygen atoms in total. The van der Waals surface area contributed by atoms with Crippen LogP contribution in [0.15, 0.2) is 35.1 Å². The lowest BCUT2D eigenvalue weighted by atomic mass is 10.1. The number of fused-ring (bicyclic) bond motifs is 1. The van der Waals surface area contributed by atoms with Gasteiger partial charge < -0.3 is 4.98 Å². The normalized spacial score (nSPS) is 10.6. The molecule has 0 spiro atoms. The lowest BCUT2D eigenvalue weighted by Gasteiger charge is -2.00. The first-order valence-corrected chi connectivity index (χ1v) is 5.01. The second-order valence-corrected chi connectivity index (χ2v) is 3.53. The van der Waals surface area contributed by atoms with Gasteiger partial charge >= 0.3 is 0 Å². The number of aryl methyl sites for hydroxylation is 1. The van der Waals surface area contributed by atoms with Crippen molar-refractivity contribution in [3.8, 4) is 0 Å². The maximum atomic E-state index is 11.5. The number of H-pyrrole nitrogens is 1. The van der Waals surface area contributed by atoms with E-state index in [1.54, 1.807) is 0 Å². The minimum atomic E-state index is -0.0376. The Kier molecular flexibility index (Phi) is 2.55. The Morgan fingerprint density at radius 2 is 2.07 bits per heavy atom. The molecule has 1 N–H and O–H groups in total. The van der Waals surface area contributed by atoms with Gasteiger partial charge in [-0.1, -0.05) is 18.2 Å². The number of hydrogen-bond acceptors (Lipinski definition) is 1. The molecule has 0 fully saturated rings. The highest BCUT2D eigenvalue weighted by Crippen LogP contribution is 2.10. The zero-order valence-electron chi connectivity index (χ0n) is 7.59. The van der Waals surface area contributed by atoms with E-state index in [-0.39, 0.29) is 5.56 Å². The number of pyridine rings is 1. The maximum absolute atomic E-state index is 11.5. The van der Waals surface area contributed by atoms with E-state index in [9.17, 15) is 4.79 Å². The first kappa shape index (κ1) is 9.28. The first-order valence-electron chi connectivity index (χ1n) is 4.48. The molecule has 72 valence electrons. The summed E-state index contributed by atoms with van der Waals surface area (Å²) in [6, 6.07) is 9.62. The van der Waals surface area contributed by atoms with Crippen molar-refractivity contribution in [3.63, 3.8) is 0 Å². The molecule has 0 saturated heterocycles. The van der Waals surface area contributed by atoms with Crippen LogP contribution in [0.2, 0.25) is 0 Å². The van der Waals surface area contributed by atoms with Gasteiger partial charge in [-0.25, -0.2) is 0 Å². The third-order valence-corrected chi connectivity index (χ3v) is 2.38. The molecule has 1 aromatic carbocycles. The third-order valence-electron chi connectivity index (χ3n) is 2.19. The van der Waals surface area contributed by atoms with E-state index in [0.717, 1.165) is 16.5 Å². The highest BCUT2D eigenvalue weighted by molar-refractivity contribution is 6.18. The van der Waals surface area contributed by atoms with Gasteiger partial charge in [0.05, 0.1) is 0 Å². The number of halogens is 1. The van der Waals surface area contributed by atoms with E-state index in [2.05, 4.69) is 4.98 Å². The van der Waals surface area contributed by atoms with Crippen molar-refractivity contribution in [2.75, 3.05) is 5.88 Å². The van der Waals surface area contributed by atoms with E-state index >= 15 is 0 Å². The number of aromatic amines is 1. The molecular formula is C11H10ClNO. The Labute approximate surface area is 86.5 Å². The monoisotopic (exact) mass is 207 g/mol. The molecule has 0 bridgehead atoms. The second kappa shape index (κ2) is 3.84.